The molecule has 4 rings (SSSR count). The van der Waals surface area contributed by atoms with Gasteiger partial charge in [-0.05, 0) is 19.1 Å². The number of hydrogen-bond acceptors (Lipinski definition) is 5. The van der Waals surface area contributed by atoms with Gasteiger partial charge in [0, 0.05) is 35.7 Å². The third kappa shape index (κ3) is 3.50. The first-order valence-electron chi connectivity index (χ1n) is 8.43. The minimum absolute atomic E-state index is 0.0952. The molecule has 26 heavy (non-hydrogen) atoms. The van der Waals surface area contributed by atoms with Crippen LogP contribution in [0.15, 0.2) is 52.4 Å². The van der Waals surface area contributed by atoms with Crippen molar-refractivity contribution in [2.24, 2.45) is 4.99 Å². The molecular formula is C19H18N2O3S2. The fraction of sp³-hybridized carbons (Fsp3) is 0.263. The number of ether oxygens (including phenoxy) is 2. The molecule has 5 nitrogen and oxygen atoms in total. The molecule has 0 fully saturated rings. The Labute approximate surface area is 159 Å². The molecule has 0 bridgehead atoms. The molecule has 1 aromatic heterocycles. The van der Waals surface area contributed by atoms with E-state index in [1.807, 2.05) is 54.0 Å². The fourth-order valence-corrected chi connectivity index (χ4v) is 4.77. The Morgan fingerprint density at radius 1 is 1.23 bits per heavy atom. The van der Waals surface area contributed by atoms with Crippen molar-refractivity contribution in [1.82, 2.24) is 4.57 Å². The molecule has 0 radical (unpaired) electrons. The van der Waals surface area contributed by atoms with Gasteiger partial charge in [-0.3, -0.25) is 4.79 Å². The summed E-state index contributed by atoms with van der Waals surface area (Å²) in [6, 6.07) is 14.0. The maximum Gasteiger partial charge on any atom is 0.249 e. The maximum absolute atomic E-state index is 12.3. The summed E-state index contributed by atoms with van der Waals surface area (Å²) in [6.45, 7) is 3.05. The summed E-state index contributed by atoms with van der Waals surface area (Å²) >= 11 is 3.18. The minimum Gasteiger partial charge on any atom is -0.454 e. The van der Waals surface area contributed by atoms with Gasteiger partial charge in [0.2, 0.25) is 12.7 Å². The van der Waals surface area contributed by atoms with E-state index in [-0.39, 0.29) is 12.7 Å². The average molecular weight is 386 g/mol. The highest BCUT2D eigenvalue weighted by Crippen LogP contribution is 2.36. The van der Waals surface area contributed by atoms with Gasteiger partial charge in [0.1, 0.15) is 0 Å². The summed E-state index contributed by atoms with van der Waals surface area (Å²) in [7, 11) is 0. The Kier molecular flexibility index (Phi) is 4.99. The lowest BCUT2D eigenvalue weighted by molar-refractivity contribution is -0.117. The van der Waals surface area contributed by atoms with Crippen LogP contribution in [-0.2, 0) is 11.3 Å². The molecule has 0 saturated carbocycles. The summed E-state index contributed by atoms with van der Waals surface area (Å²) in [6.07, 6.45) is 0.417. The first kappa shape index (κ1) is 17.2. The molecule has 0 atom stereocenters. The molecule has 1 amide bonds. The summed E-state index contributed by atoms with van der Waals surface area (Å²) in [4.78, 5) is 18.6. The van der Waals surface area contributed by atoms with Crippen LogP contribution < -0.4 is 14.3 Å². The normalized spacial score (nSPS) is 13.5. The quantitative estimate of drug-likeness (QED) is 0.621. The molecule has 0 N–H and O–H groups in total. The maximum atomic E-state index is 12.3. The van der Waals surface area contributed by atoms with E-state index in [4.69, 9.17) is 9.47 Å². The summed E-state index contributed by atoms with van der Waals surface area (Å²) < 4.78 is 14.0. The largest absolute Gasteiger partial charge is 0.454 e. The van der Waals surface area contributed by atoms with Gasteiger partial charge in [0.15, 0.2) is 16.3 Å². The number of rotatable bonds is 5. The molecule has 134 valence electrons. The van der Waals surface area contributed by atoms with Gasteiger partial charge in [-0.25, -0.2) is 0 Å². The molecule has 2 aromatic carbocycles. The highest BCUT2D eigenvalue weighted by molar-refractivity contribution is 7.99. The van der Waals surface area contributed by atoms with E-state index >= 15 is 0 Å². The summed E-state index contributed by atoms with van der Waals surface area (Å²) in [5.74, 6) is 2.12. The van der Waals surface area contributed by atoms with Crippen LogP contribution in [0.25, 0.3) is 10.2 Å². The Morgan fingerprint density at radius 2 is 2.00 bits per heavy atom. The number of nitrogens with zero attached hydrogens (tertiary/aromatic N) is 2. The second-order valence-corrected chi connectivity index (χ2v) is 7.90. The van der Waals surface area contributed by atoms with Gasteiger partial charge in [0.05, 0.1) is 10.2 Å². The molecular weight excluding hydrogens is 368 g/mol. The van der Waals surface area contributed by atoms with Gasteiger partial charge >= 0.3 is 0 Å². The first-order chi connectivity index (χ1) is 12.7. The number of fused-ring (bicyclic) bond motifs is 2. The number of carbonyl (C=O) groups is 1. The van der Waals surface area contributed by atoms with E-state index in [9.17, 15) is 4.79 Å². The van der Waals surface area contributed by atoms with Crippen LogP contribution in [0.2, 0.25) is 0 Å². The van der Waals surface area contributed by atoms with Crippen LogP contribution >= 0.6 is 23.1 Å². The molecule has 0 unspecified atom stereocenters. The summed E-state index contributed by atoms with van der Waals surface area (Å²) in [5, 5.41) is 0. The second kappa shape index (κ2) is 7.55. The zero-order chi connectivity index (χ0) is 17.9. The lowest BCUT2D eigenvalue weighted by Crippen LogP contribution is -2.16. The first-order valence-corrected chi connectivity index (χ1v) is 10.2. The van der Waals surface area contributed by atoms with Crippen molar-refractivity contribution in [2.75, 3.05) is 12.5 Å². The van der Waals surface area contributed by atoms with Gasteiger partial charge in [-0.15, -0.1) is 11.8 Å². The number of hydrogen-bond donors (Lipinski definition) is 0. The van der Waals surface area contributed by atoms with Gasteiger partial charge in [-0.1, -0.05) is 29.5 Å². The Morgan fingerprint density at radius 3 is 2.77 bits per heavy atom. The van der Waals surface area contributed by atoms with E-state index in [2.05, 4.69) is 4.99 Å². The standard InChI is InChI=1S/C19H18N2O3S2/c1-2-21-14-10-15-16(24-12-23-15)11-17(14)26-19(21)20-18(22)8-9-25-13-6-4-3-5-7-13/h3-7,10-11H,2,8-9,12H2,1H3. The van der Waals surface area contributed by atoms with Crippen molar-refractivity contribution in [3.63, 3.8) is 0 Å². The number of carbonyl (C=O) groups excluding carboxylic acids is 1. The number of thiazole rings is 1. The third-order valence-electron chi connectivity index (χ3n) is 4.04. The van der Waals surface area contributed by atoms with Crippen LogP contribution in [0, 0.1) is 0 Å². The lowest BCUT2D eigenvalue weighted by Gasteiger charge is -2.02. The third-order valence-corrected chi connectivity index (χ3v) is 6.10. The number of aromatic nitrogens is 1. The zero-order valence-electron chi connectivity index (χ0n) is 14.3. The van der Waals surface area contributed by atoms with E-state index < -0.39 is 0 Å². The van der Waals surface area contributed by atoms with Crippen molar-refractivity contribution >= 4 is 39.2 Å². The van der Waals surface area contributed by atoms with E-state index in [0.717, 1.165) is 38.8 Å². The Bertz CT molecular complexity index is 1010. The number of thioether (sulfide) groups is 1. The van der Waals surface area contributed by atoms with Crippen LogP contribution in [0.5, 0.6) is 11.5 Å². The molecule has 0 spiro atoms. The molecule has 3 aromatic rings. The van der Waals surface area contributed by atoms with Crippen LogP contribution in [0.1, 0.15) is 13.3 Å². The van der Waals surface area contributed by atoms with Crippen LogP contribution in [-0.4, -0.2) is 23.0 Å². The summed E-state index contributed by atoms with van der Waals surface area (Å²) in [5.41, 5.74) is 1.02. The zero-order valence-corrected chi connectivity index (χ0v) is 15.9. The van der Waals surface area contributed by atoms with Crippen molar-refractivity contribution < 1.29 is 14.3 Å². The Balaban J connectivity index is 1.54. The van der Waals surface area contributed by atoms with Crippen molar-refractivity contribution in [2.45, 2.75) is 24.8 Å². The SMILES string of the molecule is CCn1c(=NC(=O)CCSc2ccccc2)sc2cc3c(cc21)OCO3. The van der Waals surface area contributed by atoms with E-state index in [1.54, 1.807) is 11.8 Å². The second-order valence-electron chi connectivity index (χ2n) is 5.72. The monoisotopic (exact) mass is 386 g/mol. The smallest absolute Gasteiger partial charge is 0.249 e. The van der Waals surface area contributed by atoms with E-state index in [1.165, 1.54) is 16.2 Å². The van der Waals surface area contributed by atoms with E-state index in [0.29, 0.717) is 6.42 Å². The number of benzene rings is 2. The minimum atomic E-state index is -0.0952. The van der Waals surface area contributed by atoms with Crippen molar-refractivity contribution in [1.29, 1.82) is 0 Å². The molecule has 1 aliphatic heterocycles. The molecule has 2 heterocycles. The molecule has 0 saturated heterocycles. The van der Waals surface area contributed by atoms with Gasteiger partial charge in [0.25, 0.3) is 0 Å². The van der Waals surface area contributed by atoms with Crippen molar-refractivity contribution in [3.05, 3.63) is 47.3 Å². The van der Waals surface area contributed by atoms with Crippen molar-refractivity contribution in [3.8, 4) is 11.5 Å². The van der Waals surface area contributed by atoms with Crippen LogP contribution in [0.3, 0.4) is 0 Å². The predicted octanol–water partition coefficient (Wildman–Crippen LogP) is 4.06. The topological polar surface area (TPSA) is 52.8 Å². The number of aryl methyl sites for hydroxylation is 1. The number of amides is 1. The Hall–Kier alpha value is -2.25. The van der Waals surface area contributed by atoms with Gasteiger partial charge < -0.3 is 14.0 Å². The molecule has 0 aliphatic carbocycles. The molecule has 7 heteroatoms. The fourth-order valence-electron chi connectivity index (χ4n) is 2.79. The average Bonchev–Trinajstić information content (AvgIpc) is 3.23. The lowest BCUT2D eigenvalue weighted by atomic mass is 10.3. The van der Waals surface area contributed by atoms with Gasteiger partial charge in [-0.2, -0.15) is 4.99 Å². The highest BCUT2D eigenvalue weighted by atomic mass is 32.2. The highest BCUT2D eigenvalue weighted by Gasteiger charge is 2.17. The molecule has 1 aliphatic rings. The van der Waals surface area contributed by atoms with Crippen LogP contribution in [0.4, 0.5) is 0 Å². The predicted molar refractivity (Wildman–Crippen MR) is 104 cm³/mol.